The Kier molecular flexibility index (Phi) is 10.6. The molecule has 0 saturated heterocycles. The van der Waals surface area contributed by atoms with Crippen LogP contribution < -0.4 is 0 Å². The molecule has 0 unspecified atom stereocenters. The first-order chi connectivity index (χ1) is 7.62. The average molecular weight is 288 g/mol. The Morgan fingerprint density at radius 3 is 1.76 bits per heavy atom. The summed E-state index contributed by atoms with van der Waals surface area (Å²) in [5.74, 6) is -0.215. The van der Waals surface area contributed by atoms with E-state index in [1.54, 1.807) is 0 Å². The van der Waals surface area contributed by atoms with Crippen molar-refractivity contribution in [1.29, 1.82) is 0 Å². The lowest BCUT2D eigenvalue weighted by Gasteiger charge is -1.98. The fourth-order valence-electron chi connectivity index (χ4n) is 0.914. The lowest BCUT2D eigenvalue weighted by Crippen LogP contribution is -2.05. The lowest BCUT2D eigenvalue weighted by molar-refractivity contribution is -1.36. The van der Waals surface area contributed by atoms with E-state index in [0.717, 1.165) is 25.7 Å². The Balaban J connectivity index is 0. The topological polar surface area (TPSA) is 43.4 Å². The van der Waals surface area contributed by atoms with Crippen LogP contribution >= 0.6 is 0 Å². The van der Waals surface area contributed by atoms with E-state index in [-0.39, 0.29) is 5.75 Å². The second-order valence-electron chi connectivity index (χ2n) is 3.12. The van der Waals surface area contributed by atoms with Gasteiger partial charge in [0, 0.05) is 0 Å². The van der Waals surface area contributed by atoms with Crippen molar-refractivity contribution in [3.8, 4) is 0 Å². The minimum Gasteiger partial charge on any atom is -0.197 e. The van der Waals surface area contributed by atoms with E-state index in [1.807, 2.05) is 0 Å². The van der Waals surface area contributed by atoms with Crippen LogP contribution in [0.3, 0.4) is 0 Å². The average Bonchev–Trinajstić information content (AvgIpc) is 2.15. The summed E-state index contributed by atoms with van der Waals surface area (Å²) >= 11 is 0. The molecule has 106 valence electrons. The Morgan fingerprint density at radius 2 is 1.41 bits per heavy atom. The second-order valence-corrected chi connectivity index (χ2v) is 4.77. The summed E-state index contributed by atoms with van der Waals surface area (Å²) in [6.07, 6.45) is 4.49. The van der Waals surface area contributed by atoms with Gasteiger partial charge in [-0.25, -0.2) is 0 Å². The van der Waals surface area contributed by atoms with Crippen molar-refractivity contribution in [3.63, 3.8) is 0 Å². The van der Waals surface area contributed by atoms with Gasteiger partial charge in [-0.2, -0.15) is 8.42 Å². The molecule has 4 nitrogen and oxygen atoms in total. The highest BCUT2D eigenvalue weighted by Gasteiger charge is 2.30. The first-order valence-corrected chi connectivity index (χ1v) is 6.40. The summed E-state index contributed by atoms with van der Waals surface area (Å²) in [5.41, 5.74) is 0. The summed E-state index contributed by atoms with van der Waals surface area (Å²) in [7, 11) is -3.87. The number of nitrogens with zero attached hydrogens (tertiary/aromatic N) is 1. The van der Waals surface area contributed by atoms with Crippen molar-refractivity contribution in [3.05, 3.63) is 0 Å². The standard InChI is InChI=1S/C7H15FO3S.F4N/c1-2-3-4-5-6-7-12(9,10)11-8;1-5(2,3)4/h2-7H2,1H3;/q;+1. The van der Waals surface area contributed by atoms with Gasteiger partial charge in [0.1, 0.15) is 17.9 Å². The Morgan fingerprint density at radius 1 is 1.00 bits per heavy atom. The van der Waals surface area contributed by atoms with Crippen LogP contribution in [0.1, 0.15) is 39.0 Å². The lowest BCUT2D eigenvalue weighted by atomic mass is 10.2. The van der Waals surface area contributed by atoms with Gasteiger partial charge in [0.15, 0.2) is 0 Å². The van der Waals surface area contributed by atoms with E-state index in [4.69, 9.17) is 0 Å². The fourth-order valence-corrected chi connectivity index (χ4v) is 1.53. The van der Waals surface area contributed by atoms with Crippen LogP contribution in [0.25, 0.3) is 0 Å². The molecule has 0 fully saturated rings. The van der Waals surface area contributed by atoms with Crippen LogP contribution in [0.15, 0.2) is 0 Å². The molecule has 17 heavy (non-hydrogen) atoms. The van der Waals surface area contributed by atoms with E-state index < -0.39 is 15.5 Å². The maximum absolute atomic E-state index is 11.3. The molecule has 0 bridgehead atoms. The molecule has 0 saturated carbocycles. The van der Waals surface area contributed by atoms with Crippen molar-refractivity contribution < 1.29 is 40.6 Å². The van der Waals surface area contributed by atoms with Gasteiger partial charge in [-0.15, -0.1) is 0 Å². The molecule has 0 aliphatic rings. The van der Waals surface area contributed by atoms with Crippen molar-refractivity contribution in [2.75, 3.05) is 5.75 Å². The third-order valence-electron chi connectivity index (χ3n) is 1.59. The van der Waals surface area contributed by atoms with Crippen LogP contribution in [0.5, 0.6) is 0 Å². The molecule has 0 aromatic rings. The van der Waals surface area contributed by atoms with Crippen LogP contribution in [-0.2, 0) is 14.5 Å². The molecule has 10 heteroatoms. The first kappa shape index (κ1) is 18.9. The summed E-state index contributed by atoms with van der Waals surface area (Å²) in [5, 5.41) is -5.00. The zero-order chi connectivity index (χ0) is 13.9. The normalized spacial score (nSPS) is 11.9. The van der Waals surface area contributed by atoms with Crippen molar-refractivity contribution in [2.24, 2.45) is 0 Å². The number of quaternary nitrogens is 1. The molecule has 0 heterocycles. The van der Waals surface area contributed by atoms with Crippen LogP contribution in [0.2, 0.25) is 0 Å². The zero-order valence-electron chi connectivity index (χ0n) is 9.21. The zero-order valence-corrected chi connectivity index (χ0v) is 10.0. The minimum atomic E-state index is -5.00. The molecule has 0 spiro atoms. The van der Waals surface area contributed by atoms with Gasteiger partial charge < -0.3 is 0 Å². The van der Waals surface area contributed by atoms with Crippen molar-refractivity contribution in [2.45, 2.75) is 39.0 Å². The highest BCUT2D eigenvalue weighted by Crippen LogP contribution is 2.08. The highest BCUT2D eigenvalue weighted by molar-refractivity contribution is 7.86. The Hall–Kier alpha value is -0.480. The molecular formula is C7H15F5NO3S+. The second kappa shape index (κ2) is 9.54. The van der Waals surface area contributed by atoms with Gasteiger partial charge in [-0.1, -0.05) is 37.0 Å². The molecule has 0 aliphatic carbocycles. The summed E-state index contributed by atoms with van der Waals surface area (Å²) in [6.45, 7) is 2.07. The van der Waals surface area contributed by atoms with Gasteiger partial charge in [0.05, 0.1) is 5.75 Å². The Labute approximate surface area is 96.3 Å². The van der Waals surface area contributed by atoms with E-state index in [9.17, 15) is 30.9 Å². The summed E-state index contributed by atoms with van der Waals surface area (Å²) in [4.78, 5) is 0. The molecule has 0 amide bonds. The van der Waals surface area contributed by atoms with E-state index in [1.165, 1.54) is 0 Å². The predicted octanol–water partition coefficient (Wildman–Crippen LogP) is 3.53. The van der Waals surface area contributed by atoms with E-state index in [0.29, 0.717) is 6.42 Å². The van der Waals surface area contributed by atoms with E-state index in [2.05, 4.69) is 11.3 Å². The summed E-state index contributed by atoms with van der Waals surface area (Å²) < 4.78 is 73.4. The molecule has 0 aromatic carbocycles. The van der Waals surface area contributed by atoms with Gasteiger partial charge in [0.25, 0.3) is 10.1 Å². The monoisotopic (exact) mass is 288 g/mol. The van der Waals surface area contributed by atoms with Gasteiger partial charge in [0.2, 0.25) is 0 Å². The fraction of sp³-hybridized carbons (Fsp3) is 1.00. The number of rotatable bonds is 7. The number of hydrogen-bond acceptors (Lipinski definition) is 3. The Bertz CT molecular complexity index is 261. The maximum atomic E-state index is 11.3. The third kappa shape index (κ3) is 25.6. The largest absolute Gasteiger partial charge is 0.440 e. The number of halogens is 5. The highest BCUT2D eigenvalue weighted by atomic mass is 32.2. The molecule has 0 aromatic heterocycles. The van der Waals surface area contributed by atoms with Crippen LogP contribution in [0.4, 0.5) is 22.5 Å². The third-order valence-corrected chi connectivity index (χ3v) is 2.57. The predicted molar refractivity (Wildman–Crippen MR) is 49.4 cm³/mol. The van der Waals surface area contributed by atoms with Crippen molar-refractivity contribution >= 4 is 10.1 Å². The SMILES string of the molecule is CCCCCCCS(=O)(=O)OF.F[N+](F)(F)F. The maximum Gasteiger partial charge on any atom is 0.440 e. The summed E-state index contributed by atoms with van der Waals surface area (Å²) in [6, 6.07) is 0. The molecule has 0 N–H and O–H groups in total. The molecular weight excluding hydrogens is 273 g/mol. The smallest absolute Gasteiger partial charge is 0.197 e. The van der Waals surface area contributed by atoms with Gasteiger partial charge >= 0.3 is 5.37 Å². The van der Waals surface area contributed by atoms with E-state index >= 15 is 0 Å². The number of hydrogen-bond donors (Lipinski definition) is 0. The number of unbranched alkanes of at least 4 members (excludes halogenated alkanes) is 4. The quantitative estimate of drug-likeness (QED) is 0.409. The van der Waals surface area contributed by atoms with Crippen LogP contribution in [0, 0.1) is 0 Å². The van der Waals surface area contributed by atoms with Crippen LogP contribution in [-0.4, -0.2) is 19.5 Å². The minimum absolute atomic E-state index is 0.215. The van der Waals surface area contributed by atoms with Gasteiger partial charge in [-0.05, 0) is 10.9 Å². The first-order valence-electron chi connectivity index (χ1n) is 4.83. The van der Waals surface area contributed by atoms with Gasteiger partial charge in [-0.3, -0.25) is 0 Å². The molecule has 0 rings (SSSR count). The van der Waals surface area contributed by atoms with Crippen molar-refractivity contribution in [1.82, 2.24) is 0 Å². The molecule has 0 radical (unpaired) electrons. The molecule has 0 atom stereocenters. The molecule has 0 aliphatic heterocycles.